The number of aromatic hydroxyl groups is 1. The molecule has 0 aliphatic heterocycles. The Kier molecular flexibility index (Phi) is 13.9. The molecule has 4 heterocycles. The first-order valence-electron chi connectivity index (χ1n) is 23.1. The van der Waals surface area contributed by atoms with Gasteiger partial charge in [0.15, 0.2) is 0 Å². The number of fused-ring (bicyclic) bond motifs is 3. The predicted molar refractivity (Wildman–Crippen MR) is 279 cm³/mol. The quantitative estimate of drug-likeness (QED) is 0.146. The van der Waals surface area contributed by atoms with Crippen LogP contribution in [0.25, 0.3) is 100 Å². The minimum absolute atomic E-state index is 0. The zero-order chi connectivity index (χ0) is 46.6. The Morgan fingerprint density at radius 2 is 1.09 bits per heavy atom. The summed E-state index contributed by atoms with van der Waals surface area (Å²) in [5.41, 5.74) is 18.1. The van der Waals surface area contributed by atoms with Gasteiger partial charge in [-0.05, 0) is 104 Å². The van der Waals surface area contributed by atoms with Crippen LogP contribution in [0.3, 0.4) is 0 Å². The molecule has 0 fully saturated rings. The van der Waals surface area contributed by atoms with Crippen LogP contribution in [-0.4, -0.2) is 20.1 Å². The molecule has 0 unspecified atom stereocenters. The fourth-order valence-electron chi connectivity index (χ4n) is 8.90. The van der Waals surface area contributed by atoms with E-state index in [2.05, 4.69) is 141 Å². The molecule has 69 heavy (non-hydrogen) atoms. The maximum absolute atomic E-state index is 10.7. The fourth-order valence-corrected chi connectivity index (χ4v) is 8.90. The number of pyridine rings is 3. The average molecular weight is 1070 g/mol. The second-order valence-corrected chi connectivity index (χ2v) is 17.5. The fraction of sp³-hybridized carbons (Fsp3) is 0.0952. The molecule has 4 aromatic heterocycles. The van der Waals surface area contributed by atoms with Gasteiger partial charge in [0.2, 0.25) is 0 Å². The van der Waals surface area contributed by atoms with Crippen LogP contribution >= 0.6 is 0 Å². The van der Waals surface area contributed by atoms with Crippen molar-refractivity contribution < 1.29 is 29.6 Å². The summed E-state index contributed by atoms with van der Waals surface area (Å²) < 4.78 is 6.40. The third kappa shape index (κ3) is 9.82. The second-order valence-electron chi connectivity index (χ2n) is 17.5. The number of benzene rings is 7. The number of nitrogens with zero attached hydrogens (tertiary/aromatic N) is 3. The van der Waals surface area contributed by atoms with Crippen molar-refractivity contribution in [3.05, 3.63) is 230 Å². The largest absolute Gasteiger partial charge is 0.507 e. The van der Waals surface area contributed by atoms with E-state index >= 15 is 0 Å². The van der Waals surface area contributed by atoms with Crippen molar-refractivity contribution in [1.29, 1.82) is 0 Å². The van der Waals surface area contributed by atoms with E-state index in [1.807, 2.05) is 97.1 Å². The van der Waals surface area contributed by atoms with E-state index in [4.69, 9.17) is 9.40 Å². The van der Waals surface area contributed by atoms with Gasteiger partial charge in [-0.1, -0.05) is 166 Å². The molecule has 0 aliphatic carbocycles. The molecule has 0 bridgehead atoms. The minimum atomic E-state index is 0. The van der Waals surface area contributed by atoms with Crippen molar-refractivity contribution in [2.24, 2.45) is 0 Å². The monoisotopic (exact) mass is 1070 g/mol. The summed E-state index contributed by atoms with van der Waals surface area (Å²) in [4.78, 5) is 14.1. The Bertz CT molecular complexity index is 3470. The summed E-state index contributed by atoms with van der Waals surface area (Å²) in [6, 6.07) is 72.3. The number of furan rings is 1. The number of para-hydroxylation sites is 1. The second kappa shape index (κ2) is 20.6. The van der Waals surface area contributed by atoms with Crippen LogP contribution in [0.5, 0.6) is 5.75 Å². The first kappa shape index (κ1) is 46.4. The van der Waals surface area contributed by atoms with Gasteiger partial charge in [-0.25, -0.2) is 0 Å². The number of rotatable bonds is 9. The molecule has 6 heteroatoms. The van der Waals surface area contributed by atoms with Crippen LogP contribution in [0.2, 0.25) is 0 Å². The van der Waals surface area contributed by atoms with Gasteiger partial charge in [-0.3, -0.25) is 15.0 Å². The van der Waals surface area contributed by atoms with Gasteiger partial charge in [-0.2, -0.15) is 0 Å². The zero-order valence-corrected chi connectivity index (χ0v) is 41.2. The molecule has 0 aliphatic rings. The molecule has 0 saturated carbocycles. The molecular weight excluding hydrogens is 1020 g/mol. The number of aromatic nitrogens is 3. The van der Waals surface area contributed by atoms with Crippen molar-refractivity contribution in [3.63, 3.8) is 0 Å². The van der Waals surface area contributed by atoms with E-state index in [-0.39, 0.29) is 25.9 Å². The molecule has 1 radical (unpaired) electrons. The number of phenolic OH excluding ortho intramolecular Hbond substituents is 1. The number of hydrogen-bond donors (Lipinski definition) is 1. The maximum atomic E-state index is 10.7. The first-order chi connectivity index (χ1) is 33.3. The van der Waals surface area contributed by atoms with E-state index in [0.29, 0.717) is 11.8 Å². The molecule has 11 rings (SSSR count). The van der Waals surface area contributed by atoms with E-state index in [1.54, 1.807) is 18.5 Å². The van der Waals surface area contributed by atoms with Gasteiger partial charge in [0.1, 0.15) is 11.3 Å². The standard InChI is InChI=1S/C35H32NO.C28H17N2O.Ir/c1-23(2)30-19-27(25-13-7-5-8-14-25)20-31(24(3)4)35(30)28-21-32(26-15-9-6-10-16-26)36-33(22-28)29-17-11-12-18-34(29)37;1-2-8-19(9-3-1)20-12-13-22-23-16-21(25-10-4-6-14-29-25)17-24(26-11-5-7-15-30-26)28(23)31-27(22)18-20;/h5-15,17-24,37H,1-4H3;1-16,18H;/q2*-1;. The Morgan fingerprint density at radius 1 is 0.478 bits per heavy atom. The summed E-state index contributed by atoms with van der Waals surface area (Å²) in [5.74, 6) is 0.872. The summed E-state index contributed by atoms with van der Waals surface area (Å²) >= 11 is 0. The van der Waals surface area contributed by atoms with Crippen LogP contribution in [0, 0.1) is 12.1 Å². The van der Waals surface area contributed by atoms with Gasteiger partial charge in [0.05, 0.1) is 11.3 Å². The Labute approximate surface area is 417 Å². The van der Waals surface area contributed by atoms with E-state index in [9.17, 15) is 5.11 Å². The van der Waals surface area contributed by atoms with E-state index in [1.165, 1.54) is 27.8 Å². The smallest absolute Gasteiger partial charge is 0.124 e. The third-order valence-corrected chi connectivity index (χ3v) is 12.3. The van der Waals surface area contributed by atoms with Gasteiger partial charge in [0, 0.05) is 54.8 Å². The van der Waals surface area contributed by atoms with Crippen molar-refractivity contribution in [2.45, 2.75) is 39.5 Å². The number of phenols is 1. The summed E-state index contributed by atoms with van der Waals surface area (Å²) in [7, 11) is 0. The van der Waals surface area contributed by atoms with Crippen LogP contribution in [0.1, 0.15) is 50.7 Å². The van der Waals surface area contributed by atoms with Crippen molar-refractivity contribution in [1.82, 2.24) is 15.0 Å². The zero-order valence-electron chi connectivity index (χ0n) is 38.8. The summed E-state index contributed by atoms with van der Waals surface area (Å²) in [6.45, 7) is 9.03. The predicted octanol–water partition coefficient (Wildman–Crippen LogP) is 16.7. The average Bonchev–Trinajstić information content (AvgIpc) is 3.77. The molecule has 11 aromatic rings. The Hall–Kier alpha value is -7.76. The van der Waals surface area contributed by atoms with Crippen molar-refractivity contribution in [2.75, 3.05) is 0 Å². The van der Waals surface area contributed by atoms with E-state index in [0.717, 1.165) is 83.7 Å². The SMILES string of the molecule is CC(C)c1cc(-c2ccccc2)cc(C(C)C)c1-c1cc(-c2[c-]cccc2)nc(-c2ccccc2O)c1.[Ir].[c-]1c(-c2ccccn2)cc2c(oc3cc(-c4ccccc4)ccc32)c1-c1ccccn1. The third-order valence-electron chi connectivity index (χ3n) is 12.3. The van der Waals surface area contributed by atoms with Gasteiger partial charge >= 0.3 is 0 Å². The van der Waals surface area contributed by atoms with Gasteiger partial charge in [-0.15, -0.1) is 48.0 Å². The summed E-state index contributed by atoms with van der Waals surface area (Å²) in [5, 5.41) is 12.8. The van der Waals surface area contributed by atoms with Crippen LogP contribution < -0.4 is 0 Å². The molecule has 7 aromatic carbocycles. The van der Waals surface area contributed by atoms with Crippen LogP contribution in [-0.2, 0) is 20.1 Å². The molecule has 0 amide bonds. The molecule has 5 nitrogen and oxygen atoms in total. The van der Waals surface area contributed by atoms with Gasteiger partial charge < -0.3 is 9.52 Å². The molecule has 0 saturated heterocycles. The first-order valence-corrected chi connectivity index (χ1v) is 23.1. The maximum Gasteiger partial charge on any atom is 0.124 e. The van der Waals surface area contributed by atoms with Crippen LogP contribution in [0.4, 0.5) is 0 Å². The van der Waals surface area contributed by atoms with Crippen molar-refractivity contribution >= 4 is 21.9 Å². The van der Waals surface area contributed by atoms with Crippen molar-refractivity contribution in [3.8, 4) is 84.2 Å². The topological polar surface area (TPSA) is 72.0 Å². The molecule has 0 spiro atoms. The Balaban J connectivity index is 0.000000172. The minimum Gasteiger partial charge on any atom is -0.507 e. The normalized spacial score (nSPS) is 11.1. The molecule has 339 valence electrons. The Morgan fingerprint density at radius 3 is 1.71 bits per heavy atom. The van der Waals surface area contributed by atoms with E-state index < -0.39 is 0 Å². The molecular formula is C63H49IrN3O2-2. The molecule has 1 N–H and O–H groups in total. The summed E-state index contributed by atoms with van der Waals surface area (Å²) in [6.07, 6.45) is 3.59. The van der Waals surface area contributed by atoms with Gasteiger partial charge in [0.25, 0.3) is 0 Å². The van der Waals surface area contributed by atoms with Crippen LogP contribution in [0.15, 0.2) is 211 Å². The molecule has 0 atom stereocenters. The number of hydrogen-bond acceptors (Lipinski definition) is 5.